The highest BCUT2D eigenvalue weighted by molar-refractivity contribution is 7.12. The highest BCUT2D eigenvalue weighted by atomic mass is 32.1. The number of nitrogens with zero attached hydrogens (tertiary/aromatic N) is 1. The number of hydrogen-bond acceptors (Lipinski definition) is 4. The van der Waals surface area contributed by atoms with Crippen molar-refractivity contribution in [3.8, 4) is 5.75 Å². The van der Waals surface area contributed by atoms with Gasteiger partial charge < -0.3 is 15.0 Å². The van der Waals surface area contributed by atoms with Gasteiger partial charge in [-0.3, -0.25) is 9.59 Å². The Kier molecular flexibility index (Phi) is 6.96. The second-order valence-electron chi connectivity index (χ2n) is 7.79. The lowest BCUT2D eigenvalue weighted by Crippen LogP contribution is -2.51. The number of thiophene rings is 1. The van der Waals surface area contributed by atoms with Crippen LogP contribution in [0.25, 0.3) is 0 Å². The van der Waals surface area contributed by atoms with Crippen LogP contribution in [-0.4, -0.2) is 35.9 Å². The van der Waals surface area contributed by atoms with Crippen LogP contribution in [-0.2, 0) is 4.79 Å². The van der Waals surface area contributed by atoms with E-state index in [4.69, 9.17) is 4.74 Å². The molecule has 1 aromatic heterocycles. The second kappa shape index (κ2) is 9.44. The molecule has 1 fully saturated rings. The summed E-state index contributed by atoms with van der Waals surface area (Å²) in [7, 11) is 0. The van der Waals surface area contributed by atoms with E-state index >= 15 is 0 Å². The van der Waals surface area contributed by atoms with Gasteiger partial charge in [-0.2, -0.15) is 0 Å². The van der Waals surface area contributed by atoms with Crippen molar-refractivity contribution in [2.24, 2.45) is 5.92 Å². The van der Waals surface area contributed by atoms with E-state index in [9.17, 15) is 9.59 Å². The number of nitrogens with one attached hydrogen (secondary N) is 1. The molecule has 1 aliphatic rings. The number of carbonyl (C=O) groups is 2. The van der Waals surface area contributed by atoms with Crippen molar-refractivity contribution in [3.05, 3.63) is 51.7 Å². The van der Waals surface area contributed by atoms with Gasteiger partial charge in [-0.1, -0.05) is 13.8 Å². The second-order valence-corrected chi connectivity index (χ2v) is 9.11. The number of amides is 2. The van der Waals surface area contributed by atoms with Gasteiger partial charge in [0.15, 0.2) is 0 Å². The molecule has 0 bridgehead atoms. The Morgan fingerprint density at radius 2 is 1.93 bits per heavy atom. The summed E-state index contributed by atoms with van der Waals surface area (Å²) in [6.45, 7) is 9.27. The zero-order valence-electron chi connectivity index (χ0n) is 17.6. The van der Waals surface area contributed by atoms with Crippen molar-refractivity contribution >= 4 is 23.2 Å². The first-order chi connectivity index (χ1) is 13.9. The average molecular weight is 415 g/mol. The molecular weight excluding hydrogens is 384 g/mol. The third-order valence-electron chi connectivity index (χ3n) is 5.27. The van der Waals surface area contributed by atoms with Gasteiger partial charge in [0, 0.05) is 21.9 Å². The van der Waals surface area contributed by atoms with E-state index in [1.54, 1.807) is 35.6 Å². The number of rotatable bonds is 7. The van der Waals surface area contributed by atoms with Crippen LogP contribution < -0.4 is 10.1 Å². The summed E-state index contributed by atoms with van der Waals surface area (Å²) in [6.07, 6.45) is 1.97. The van der Waals surface area contributed by atoms with Gasteiger partial charge in [-0.25, -0.2) is 0 Å². The molecule has 156 valence electrons. The maximum Gasteiger partial charge on any atom is 0.251 e. The number of carbonyl (C=O) groups excluding carboxylic acids is 2. The lowest BCUT2D eigenvalue weighted by molar-refractivity contribution is -0.135. The lowest BCUT2D eigenvalue weighted by atomic mass is 10.0. The highest BCUT2D eigenvalue weighted by Crippen LogP contribution is 2.36. The zero-order valence-corrected chi connectivity index (χ0v) is 18.4. The minimum atomic E-state index is -0.546. The lowest BCUT2D eigenvalue weighted by Gasteiger charge is -2.30. The maximum atomic E-state index is 13.4. The van der Waals surface area contributed by atoms with Crippen LogP contribution in [0.4, 0.5) is 0 Å². The van der Waals surface area contributed by atoms with E-state index in [1.807, 2.05) is 25.7 Å². The van der Waals surface area contributed by atoms with Crippen LogP contribution in [0.5, 0.6) is 5.75 Å². The van der Waals surface area contributed by atoms with Crippen molar-refractivity contribution in [1.29, 1.82) is 0 Å². The third-order valence-corrected chi connectivity index (χ3v) is 6.37. The van der Waals surface area contributed by atoms with Crippen LogP contribution in [0.1, 0.15) is 59.8 Å². The topological polar surface area (TPSA) is 58.6 Å². The molecule has 0 radical (unpaired) electrons. The molecule has 3 rings (SSSR count). The van der Waals surface area contributed by atoms with Crippen LogP contribution in [0, 0.1) is 12.8 Å². The number of ether oxygens (including phenoxy) is 1. The number of aryl methyl sites for hydroxylation is 1. The molecule has 1 aliphatic heterocycles. The van der Waals surface area contributed by atoms with Gasteiger partial charge in [0.1, 0.15) is 11.8 Å². The fourth-order valence-electron chi connectivity index (χ4n) is 3.74. The maximum absolute atomic E-state index is 13.4. The predicted molar refractivity (Wildman–Crippen MR) is 116 cm³/mol. The van der Waals surface area contributed by atoms with Crippen molar-refractivity contribution in [3.63, 3.8) is 0 Å². The molecule has 0 aliphatic carbocycles. The summed E-state index contributed by atoms with van der Waals surface area (Å²) in [5, 5.41) is 2.97. The van der Waals surface area contributed by atoms with Crippen LogP contribution >= 0.6 is 11.3 Å². The Balaban J connectivity index is 1.73. The minimum absolute atomic E-state index is 0.000435. The fourth-order valence-corrected chi connectivity index (χ4v) is 4.77. The van der Waals surface area contributed by atoms with Crippen molar-refractivity contribution in [2.45, 2.75) is 52.6 Å². The summed E-state index contributed by atoms with van der Waals surface area (Å²) in [6, 6.07) is 10.8. The Labute approximate surface area is 177 Å². The van der Waals surface area contributed by atoms with Crippen LogP contribution in [0.2, 0.25) is 0 Å². The zero-order chi connectivity index (χ0) is 21.0. The highest BCUT2D eigenvalue weighted by Gasteiger charge is 2.36. The molecule has 6 heteroatoms. The van der Waals surface area contributed by atoms with Crippen LogP contribution in [0.3, 0.4) is 0 Å². The molecule has 2 aromatic rings. The van der Waals surface area contributed by atoms with Gasteiger partial charge in [0.2, 0.25) is 5.91 Å². The van der Waals surface area contributed by atoms with Gasteiger partial charge >= 0.3 is 0 Å². The standard InChI is InChI=1S/C23H30N2O3S/c1-5-28-18-11-9-17(10-12-18)22(26)24-21(15(2)3)23(27)25-14-6-7-19(25)20-13-8-16(4)29-20/h8-13,15,19,21H,5-7,14H2,1-4H3,(H,24,26). The molecule has 1 aromatic carbocycles. The van der Waals surface area contributed by atoms with E-state index in [-0.39, 0.29) is 23.8 Å². The van der Waals surface area contributed by atoms with Gasteiger partial charge in [0.05, 0.1) is 12.6 Å². The van der Waals surface area contributed by atoms with Gasteiger partial charge in [-0.05, 0) is 69.0 Å². The molecule has 2 unspecified atom stereocenters. The largest absolute Gasteiger partial charge is 0.494 e. The van der Waals surface area contributed by atoms with Crippen molar-refractivity contribution in [1.82, 2.24) is 10.2 Å². The molecule has 2 atom stereocenters. The predicted octanol–water partition coefficient (Wildman–Crippen LogP) is 4.57. The van der Waals surface area contributed by atoms with E-state index in [2.05, 4.69) is 24.4 Å². The third kappa shape index (κ3) is 4.99. The van der Waals surface area contributed by atoms with Crippen LogP contribution in [0.15, 0.2) is 36.4 Å². The fraction of sp³-hybridized carbons (Fsp3) is 0.478. The van der Waals surface area contributed by atoms with E-state index < -0.39 is 6.04 Å². The Morgan fingerprint density at radius 1 is 1.21 bits per heavy atom. The number of hydrogen-bond donors (Lipinski definition) is 1. The molecular formula is C23H30N2O3S. The first-order valence-corrected chi connectivity index (χ1v) is 11.1. The quantitative estimate of drug-likeness (QED) is 0.722. The average Bonchev–Trinajstić information content (AvgIpc) is 3.34. The summed E-state index contributed by atoms with van der Waals surface area (Å²) in [4.78, 5) is 30.6. The summed E-state index contributed by atoms with van der Waals surface area (Å²) >= 11 is 1.75. The summed E-state index contributed by atoms with van der Waals surface area (Å²) in [5.41, 5.74) is 0.527. The number of benzene rings is 1. The SMILES string of the molecule is CCOc1ccc(C(=O)NC(C(=O)N2CCCC2c2ccc(C)s2)C(C)C)cc1. The molecule has 2 heterocycles. The molecule has 0 spiro atoms. The Bertz CT molecular complexity index is 844. The smallest absolute Gasteiger partial charge is 0.251 e. The summed E-state index contributed by atoms with van der Waals surface area (Å²) in [5.74, 6) is 0.503. The normalized spacial score (nSPS) is 17.4. The monoisotopic (exact) mass is 414 g/mol. The first kappa shape index (κ1) is 21.4. The molecule has 1 N–H and O–H groups in total. The molecule has 2 amide bonds. The Hall–Kier alpha value is -2.34. The molecule has 5 nitrogen and oxygen atoms in total. The minimum Gasteiger partial charge on any atom is -0.494 e. The first-order valence-electron chi connectivity index (χ1n) is 10.3. The summed E-state index contributed by atoms with van der Waals surface area (Å²) < 4.78 is 5.43. The van der Waals surface area contributed by atoms with Crippen molar-refractivity contribution in [2.75, 3.05) is 13.2 Å². The van der Waals surface area contributed by atoms with E-state index in [1.165, 1.54) is 9.75 Å². The van der Waals surface area contributed by atoms with Crippen molar-refractivity contribution < 1.29 is 14.3 Å². The van der Waals surface area contributed by atoms with E-state index in [0.717, 1.165) is 25.1 Å². The Morgan fingerprint density at radius 3 is 2.52 bits per heavy atom. The molecule has 1 saturated heterocycles. The van der Waals surface area contributed by atoms with E-state index in [0.29, 0.717) is 12.2 Å². The number of likely N-dealkylation sites (tertiary alicyclic amines) is 1. The van der Waals surface area contributed by atoms with Gasteiger partial charge in [0.25, 0.3) is 5.91 Å². The molecule has 0 saturated carbocycles. The molecule has 29 heavy (non-hydrogen) atoms. The van der Waals surface area contributed by atoms with Gasteiger partial charge in [-0.15, -0.1) is 11.3 Å².